The number of benzene rings is 1. The molecule has 0 aliphatic rings. The Morgan fingerprint density at radius 3 is 2.70 bits per heavy atom. The Morgan fingerprint density at radius 1 is 1.30 bits per heavy atom. The maximum atomic E-state index is 8.79. The van der Waals surface area contributed by atoms with Gasteiger partial charge in [-0.05, 0) is 41.8 Å². The van der Waals surface area contributed by atoms with Crippen LogP contribution in [0.25, 0.3) is 0 Å². The molecule has 0 amide bonds. The van der Waals surface area contributed by atoms with E-state index in [2.05, 4.69) is 11.9 Å². The van der Waals surface area contributed by atoms with Gasteiger partial charge in [0.2, 0.25) is 0 Å². The molecule has 0 fully saturated rings. The van der Waals surface area contributed by atoms with Crippen LogP contribution in [0.2, 0.25) is 0 Å². The van der Waals surface area contributed by atoms with Crippen molar-refractivity contribution >= 4 is 0 Å². The zero-order chi connectivity index (χ0) is 14.4. The van der Waals surface area contributed by atoms with Crippen molar-refractivity contribution in [3.63, 3.8) is 0 Å². The van der Waals surface area contributed by atoms with Crippen molar-refractivity contribution < 1.29 is 4.74 Å². The van der Waals surface area contributed by atoms with Crippen molar-refractivity contribution in [3.8, 4) is 11.8 Å². The molecule has 4 heteroatoms. The molecule has 1 heterocycles. The summed E-state index contributed by atoms with van der Waals surface area (Å²) in [5.41, 5.74) is 8.39. The van der Waals surface area contributed by atoms with Gasteiger partial charge in [0.15, 0.2) is 0 Å². The van der Waals surface area contributed by atoms with Crippen molar-refractivity contribution in [1.29, 1.82) is 5.26 Å². The Labute approximate surface area is 118 Å². The number of hydrogen-bond acceptors (Lipinski definition) is 4. The molecule has 1 aromatic heterocycles. The van der Waals surface area contributed by atoms with Crippen LogP contribution in [0.4, 0.5) is 0 Å². The summed E-state index contributed by atoms with van der Waals surface area (Å²) in [5.74, 6) is 0.785. The lowest BCUT2D eigenvalue weighted by Gasteiger charge is -2.11. The Bertz CT molecular complexity index is 602. The number of aromatic nitrogens is 1. The highest BCUT2D eigenvalue weighted by Crippen LogP contribution is 2.19. The summed E-state index contributed by atoms with van der Waals surface area (Å²) in [6, 6.07) is 13.4. The summed E-state index contributed by atoms with van der Waals surface area (Å²) in [7, 11) is 0. The summed E-state index contributed by atoms with van der Waals surface area (Å²) in [6.45, 7) is 2.47. The van der Waals surface area contributed by atoms with Gasteiger partial charge < -0.3 is 10.5 Å². The fraction of sp³-hybridized carbons (Fsp3) is 0.250. The lowest BCUT2D eigenvalue weighted by atomic mass is 10.1. The zero-order valence-electron chi connectivity index (χ0n) is 11.4. The SMILES string of the molecule is CC[C@H](N)c1ccc(OCc2ccnc(C#N)c2)cc1. The number of nitriles is 1. The Morgan fingerprint density at radius 2 is 2.05 bits per heavy atom. The normalized spacial score (nSPS) is 11.7. The summed E-state index contributed by atoms with van der Waals surface area (Å²) < 4.78 is 5.68. The maximum absolute atomic E-state index is 8.79. The van der Waals surface area contributed by atoms with E-state index in [1.54, 1.807) is 12.3 Å². The highest BCUT2D eigenvalue weighted by atomic mass is 16.5. The van der Waals surface area contributed by atoms with Crippen LogP contribution in [-0.4, -0.2) is 4.98 Å². The molecule has 0 spiro atoms. The van der Waals surface area contributed by atoms with Crippen molar-refractivity contribution in [1.82, 2.24) is 4.98 Å². The number of nitrogens with two attached hydrogens (primary N) is 1. The molecule has 0 bridgehead atoms. The molecule has 0 unspecified atom stereocenters. The molecule has 102 valence electrons. The molecule has 2 aromatic rings. The fourth-order valence-electron chi connectivity index (χ4n) is 1.84. The molecule has 1 atom stereocenters. The molecule has 2 rings (SSSR count). The lowest BCUT2D eigenvalue weighted by Crippen LogP contribution is -2.08. The van der Waals surface area contributed by atoms with Gasteiger partial charge in [-0.3, -0.25) is 0 Å². The minimum atomic E-state index is 0.0717. The van der Waals surface area contributed by atoms with Gasteiger partial charge in [-0.25, -0.2) is 4.98 Å². The molecular weight excluding hydrogens is 250 g/mol. The molecule has 20 heavy (non-hydrogen) atoms. The minimum Gasteiger partial charge on any atom is -0.489 e. The maximum Gasteiger partial charge on any atom is 0.140 e. The van der Waals surface area contributed by atoms with Gasteiger partial charge in [0, 0.05) is 12.2 Å². The summed E-state index contributed by atoms with van der Waals surface area (Å²) in [6.07, 6.45) is 2.52. The highest BCUT2D eigenvalue weighted by molar-refractivity contribution is 5.30. The van der Waals surface area contributed by atoms with Crippen LogP contribution in [0.3, 0.4) is 0 Å². The van der Waals surface area contributed by atoms with Gasteiger partial charge in [0.05, 0.1) is 0 Å². The van der Waals surface area contributed by atoms with Gasteiger partial charge in [-0.2, -0.15) is 5.26 Å². The predicted molar refractivity (Wildman–Crippen MR) is 76.9 cm³/mol. The number of pyridine rings is 1. The van der Waals surface area contributed by atoms with Gasteiger partial charge in [-0.15, -0.1) is 0 Å². The Balaban J connectivity index is 1.98. The zero-order valence-corrected chi connectivity index (χ0v) is 11.4. The fourth-order valence-corrected chi connectivity index (χ4v) is 1.84. The standard InChI is InChI=1S/C16H17N3O/c1-2-16(18)13-3-5-15(6-4-13)20-11-12-7-8-19-14(9-12)10-17/h3-9,16H,2,11,18H2,1H3/t16-/m0/s1. The van der Waals surface area contributed by atoms with Crippen LogP contribution >= 0.6 is 0 Å². The van der Waals surface area contributed by atoms with E-state index in [0.717, 1.165) is 23.3 Å². The average molecular weight is 267 g/mol. The van der Waals surface area contributed by atoms with Gasteiger partial charge in [-0.1, -0.05) is 19.1 Å². The first kappa shape index (κ1) is 14.0. The van der Waals surface area contributed by atoms with E-state index in [4.69, 9.17) is 15.7 Å². The van der Waals surface area contributed by atoms with E-state index >= 15 is 0 Å². The number of rotatable bonds is 5. The van der Waals surface area contributed by atoms with Gasteiger partial charge in [0.25, 0.3) is 0 Å². The van der Waals surface area contributed by atoms with Crippen molar-refractivity contribution in [2.75, 3.05) is 0 Å². The van der Waals surface area contributed by atoms with E-state index in [1.807, 2.05) is 36.4 Å². The first-order valence-corrected chi connectivity index (χ1v) is 6.56. The second-order valence-corrected chi connectivity index (χ2v) is 4.53. The van der Waals surface area contributed by atoms with Crippen LogP contribution in [0.15, 0.2) is 42.6 Å². The lowest BCUT2D eigenvalue weighted by molar-refractivity contribution is 0.306. The smallest absolute Gasteiger partial charge is 0.140 e. The largest absolute Gasteiger partial charge is 0.489 e. The van der Waals surface area contributed by atoms with Crippen LogP contribution < -0.4 is 10.5 Å². The first-order chi connectivity index (χ1) is 9.72. The molecule has 4 nitrogen and oxygen atoms in total. The van der Waals surface area contributed by atoms with Crippen molar-refractivity contribution in [3.05, 3.63) is 59.4 Å². The van der Waals surface area contributed by atoms with Crippen LogP contribution in [-0.2, 0) is 6.61 Å². The molecule has 1 aromatic carbocycles. The van der Waals surface area contributed by atoms with Crippen molar-refractivity contribution in [2.45, 2.75) is 26.0 Å². The van der Waals surface area contributed by atoms with E-state index in [1.165, 1.54) is 0 Å². The topological polar surface area (TPSA) is 71.9 Å². The Kier molecular flexibility index (Phi) is 4.70. The first-order valence-electron chi connectivity index (χ1n) is 6.56. The van der Waals surface area contributed by atoms with E-state index in [0.29, 0.717) is 12.3 Å². The van der Waals surface area contributed by atoms with Crippen LogP contribution in [0.5, 0.6) is 5.75 Å². The monoisotopic (exact) mass is 267 g/mol. The average Bonchev–Trinajstić information content (AvgIpc) is 2.53. The van der Waals surface area contributed by atoms with E-state index < -0.39 is 0 Å². The molecule has 0 radical (unpaired) electrons. The van der Waals surface area contributed by atoms with E-state index in [9.17, 15) is 0 Å². The number of hydrogen-bond donors (Lipinski definition) is 1. The van der Waals surface area contributed by atoms with Gasteiger partial charge >= 0.3 is 0 Å². The molecule has 0 saturated heterocycles. The molecule has 0 aliphatic heterocycles. The molecule has 0 saturated carbocycles. The number of ether oxygens (including phenoxy) is 1. The van der Waals surface area contributed by atoms with E-state index in [-0.39, 0.29) is 6.04 Å². The summed E-state index contributed by atoms with van der Waals surface area (Å²) >= 11 is 0. The predicted octanol–water partition coefficient (Wildman–Crippen LogP) is 2.94. The summed E-state index contributed by atoms with van der Waals surface area (Å²) in [5, 5.41) is 8.79. The third-order valence-corrected chi connectivity index (χ3v) is 3.09. The Hall–Kier alpha value is -2.38. The molecule has 2 N–H and O–H groups in total. The third-order valence-electron chi connectivity index (χ3n) is 3.09. The van der Waals surface area contributed by atoms with Crippen LogP contribution in [0.1, 0.15) is 36.2 Å². The second-order valence-electron chi connectivity index (χ2n) is 4.53. The van der Waals surface area contributed by atoms with Crippen molar-refractivity contribution in [2.24, 2.45) is 5.73 Å². The highest BCUT2D eigenvalue weighted by Gasteiger charge is 2.03. The summed E-state index contributed by atoms with van der Waals surface area (Å²) in [4.78, 5) is 3.92. The quantitative estimate of drug-likeness (QED) is 0.904. The van der Waals surface area contributed by atoms with Crippen LogP contribution in [0, 0.1) is 11.3 Å². The number of nitrogens with zero attached hydrogens (tertiary/aromatic N) is 2. The third kappa shape index (κ3) is 3.56. The molecule has 0 aliphatic carbocycles. The molecular formula is C16H17N3O. The second kappa shape index (κ2) is 6.69. The van der Waals surface area contributed by atoms with Gasteiger partial charge in [0.1, 0.15) is 24.1 Å². The minimum absolute atomic E-state index is 0.0717.